The van der Waals surface area contributed by atoms with Crippen molar-refractivity contribution >= 4 is 22.2 Å². The Kier molecular flexibility index (Phi) is 8.29. The Labute approximate surface area is 151 Å². The van der Waals surface area contributed by atoms with Crippen LogP contribution in [-0.4, -0.2) is 28.5 Å². The zero-order chi connectivity index (χ0) is 17.3. The molecule has 2 aromatic heterocycles. The summed E-state index contributed by atoms with van der Waals surface area (Å²) in [5, 5.41) is 4.39. The molecule has 4 heteroatoms. The van der Waals surface area contributed by atoms with Crippen LogP contribution in [0.5, 0.6) is 0 Å². The second-order valence-corrected chi connectivity index (χ2v) is 19.9. The van der Waals surface area contributed by atoms with Crippen molar-refractivity contribution in [3.05, 3.63) is 30.5 Å². The average molecular weight is 435 g/mol. The molecule has 3 nitrogen and oxygen atoms in total. The molecule has 0 amide bonds. The Hall–Kier alpha value is -0.841. The van der Waals surface area contributed by atoms with Crippen LogP contribution in [0.2, 0.25) is 13.3 Å². The molecule has 2 rings (SSSR count). The van der Waals surface area contributed by atoms with Gasteiger partial charge in [0.1, 0.15) is 0 Å². The quantitative estimate of drug-likeness (QED) is 0.420. The van der Waals surface area contributed by atoms with E-state index in [-0.39, 0.29) is 0 Å². The molecule has 0 fully saturated rings. The fraction of sp³-hybridized carbons (Fsp3) is 0.600. The summed E-state index contributed by atoms with van der Waals surface area (Å²) in [6, 6.07) is 8.21. The molecule has 0 saturated carbocycles. The number of unbranched alkanes of at least 4 members (excludes halogenated alkanes) is 3. The fourth-order valence-electron chi connectivity index (χ4n) is 3.45. The molecule has 0 N–H and O–H groups in total. The van der Waals surface area contributed by atoms with Crippen LogP contribution >= 0.6 is 0 Å². The van der Waals surface area contributed by atoms with Gasteiger partial charge in [0, 0.05) is 0 Å². The first kappa shape index (κ1) is 19.5. The number of hydrogen-bond donors (Lipinski definition) is 0. The van der Waals surface area contributed by atoms with E-state index in [1.54, 1.807) is 0 Å². The standard InChI is InChI=1S/C8H5N2O.3C4H9.Sn/c1-2-5-9-7(3-1)8-4-6-11-10-8;3*1-3-4-2;/h1-5H;3*1,3-4H2,2H3;. The normalized spacial score (nSPS) is 11.8. The molecule has 0 aromatic carbocycles. The molecule has 0 spiro atoms. The second kappa shape index (κ2) is 10.2. The Balaban J connectivity index is 2.31. The van der Waals surface area contributed by atoms with Crippen LogP contribution in [0.1, 0.15) is 59.3 Å². The van der Waals surface area contributed by atoms with Gasteiger partial charge in [0.25, 0.3) is 0 Å². The van der Waals surface area contributed by atoms with Crippen LogP contribution in [0.15, 0.2) is 35.0 Å². The Morgan fingerprint density at radius 3 is 2.00 bits per heavy atom. The van der Waals surface area contributed by atoms with Crippen molar-refractivity contribution in [3.63, 3.8) is 0 Å². The van der Waals surface area contributed by atoms with Crippen LogP contribution < -0.4 is 3.78 Å². The molecule has 0 atom stereocenters. The molecular formula is C20H32N2OSn. The first-order valence-electron chi connectivity index (χ1n) is 9.64. The Morgan fingerprint density at radius 2 is 1.50 bits per heavy atom. The van der Waals surface area contributed by atoms with Gasteiger partial charge in [0.15, 0.2) is 0 Å². The summed E-state index contributed by atoms with van der Waals surface area (Å²) in [4.78, 5) is 4.43. The van der Waals surface area contributed by atoms with Gasteiger partial charge in [-0.1, -0.05) is 0 Å². The van der Waals surface area contributed by atoms with Gasteiger partial charge in [0.05, 0.1) is 0 Å². The van der Waals surface area contributed by atoms with Crippen molar-refractivity contribution in [1.82, 2.24) is 10.1 Å². The Bertz CT molecular complexity index is 561. The van der Waals surface area contributed by atoms with E-state index in [0.29, 0.717) is 0 Å². The predicted molar refractivity (Wildman–Crippen MR) is 104 cm³/mol. The summed E-state index contributed by atoms with van der Waals surface area (Å²) in [5.74, 6) is 0. The van der Waals surface area contributed by atoms with E-state index < -0.39 is 18.4 Å². The summed E-state index contributed by atoms with van der Waals surface area (Å²) < 4.78 is 11.5. The van der Waals surface area contributed by atoms with Gasteiger partial charge in [-0.05, 0) is 0 Å². The SMILES string of the molecule is CCC[CH2][Sn]([CH2]CCC)([CH2]CCC)[c]1cc(-c2ccccn2)no1. The molecule has 2 heterocycles. The number of pyridine rings is 1. The summed E-state index contributed by atoms with van der Waals surface area (Å²) >= 11 is -2.50. The maximum absolute atomic E-state index is 5.98. The second-order valence-electron chi connectivity index (χ2n) is 6.88. The fourth-order valence-corrected chi connectivity index (χ4v) is 18.5. The minimum atomic E-state index is -2.50. The van der Waals surface area contributed by atoms with Gasteiger partial charge >= 0.3 is 151 Å². The number of hydrogen-bond acceptors (Lipinski definition) is 3. The molecule has 0 bridgehead atoms. The molecule has 0 aliphatic carbocycles. The molecule has 0 aliphatic heterocycles. The molecule has 24 heavy (non-hydrogen) atoms. The van der Waals surface area contributed by atoms with E-state index in [9.17, 15) is 0 Å². The van der Waals surface area contributed by atoms with Crippen molar-refractivity contribution in [3.8, 4) is 11.4 Å². The molecule has 0 radical (unpaired) electrons. The predicted octanol–water partition coefficient (Wildman–Crippen LogP) is 5.79. The average Bonchev–Trinajstić information content (AvgIpc) is 3.13. The molecule has 0 unspecified atom stereocenters. The van der Waals surface area contributed by atoms with Gasteiger partial charge in [-0.3, -0.25) is 0 Å². The third-order valence-corrected chi connectivity index (χ3v) is 19.9. The molecule has 132 valence electrons. The van der Waals surface area contributed by atoms with Crippen molar-refractivity contribution in [2.75, 3.05) is 0 Å². The summed E-state index contributed by atoms with van der Waals surface area (Å²) in [5.41, 5.74) is 1.84. The number of aromatic nitrogens is 2. The summed E-state index contributed by atoms with van der Waals surface area (Å²) in [6.45, 7) is 6.90. The van der Waals surface area contributed by atoms with E-state index in [2.05, 4.69) is 37.0 Å². The van der Waals surface area contributed by atoms with Gasteiger partial charge in [0.2, 0.25) is 0 Å². The number of rotatable bonds is 11. The maximum atomic E-state index is 5.98. The summed E-state index contributed by atoms with van der Waals surface area (Å²) in [6.07, 6.45) is 9.66. The van der Waals surface area contributed by atoms with Crippen LogP contribution in [0.25, 0.3) is 11.4 Å². The first-order chi connectivity index (χ1) is 11.8. The van der Waals surface area contributed by atoms with Gasteiger partial charge in [-0.2, -0.15) is 0 Å². The molecule has 0 saturated heterocycles. The van der Waals surface area contributed by atoms with Crippen LogP contribution in [0.3, 0.4) is 0 Å². The molecular weight excluding hydrogens is 403 g/mol. The molecule has 2 aromatic rings. The zero-order valence-electron chi connectivity index (χ0n) is 15.6. The van der Waals surface area contributed by atoms with E-state index >= 15 is 0 Å². The van der Waals surface area contributed by atoms with E-state index in [0.717, 1.165) is 11.4 Å². The van der Waals surface area contributed by atoms with E-state index in [4.69, 9.17) is 4.52 Å². The summed E-state index contributed by atoms with van der Waals surface area (Å²) in [7, 11) is 0. The van der Waals surface area contributed by atoms with Crippen molar-refractivity contribution in [2.45, 2.75) is 72.6 Å². The van der Waals surface area contributed by atoms with Crippen molar-refractivity contribution < 1.29 is 4.52 Å². The monoisotopic (exact) mass is 436 g/mol. The van der Waals surface area contributed by atoms with E-state index in [1.807, 2.05) is 24.4 Å². The minimum absolute atomic E-state index is 0.913. The van der Waals surface area contributed by atoms with Gasteiger partial charge in [-0.15, -0.1) is 0 Å². The van der Waals surface area contributed by atoms with Crippen molar-refractivity contribution in [2.24, 2.45) is 0 Å². The van der Waals surface area contributed by atoms with Crippen molar-refractivity contribution in [1.29, 1.82) is 0 Å². The number of nitrogens with zero attached hydrogens (tertiary/aromatic N) is 2. The van der Waals surface area contributed by atoms with Gasteiger partial charge in [-0.25, -0.2) is 0 Å². The van der Waals surface area contributed by atoms with Crippen LogP contribution in [0.4, 0.5) is 0 Å². The first-order valence-corrected chi connectivity index (χ1v) is 17.1. The topological polar surface area (TPSA) is 38.9 Å². The third-order valence-electron chi connectivity index (χ3n) is 4.99. The van der Waals surface area contributed by atoms with Crippen LogP contribution in [0, 0.1) is 0 Å². The Morgan fingerprint density at radius 1 is 0.875 bits per heavy atom. The van der Waals surface area contributed by atoms with Gasteiger partial charge < -0.3 is 0 Å². The zero-order valence-corrected chi connectivity index (χ0v) is 18.4. The third kappa shape index (κ3) is 5.08. The van der Waals surface area contributed by atoms with Crippen LogP contribution in [-0.2, 0) is 0 Å². The molecule has 0 aliphatic rings. The van der Waals surface area contributed by atoms with E-state index in [1.165, 1.54) is 55.6 Å².